The first-order valence-electron chi connectivity index (χ1n) is 4.05. The third-order valence-corrected chi connectivity index (χ3v) is 2.41. The van der Waals surface area contributed by atoms with E-state index in [0.29, 0.717) is 6.42 Å². The number of rotatable bonds is 1. The standard InChI is InChI=1S/C9H11NO2/c11-5-6-3-9(12)7-1-2-10-4-8(6)7/h1-2,4,6,9,11-12H,3,5H2. The lowest BCUT2D eigenvalue weighted by molar-refractivity contribution is 0.158. The average molecular weight is 165 g/mol. The summed E-state index contributed by atoms with van der Waals surface area (Å²) in [5.41, 5.74) is 1.91. The molecule has 3 heteroatoms. The van der Waals surface area contributed by atoms with E-state index >= 15 is 0 Å². The van der Waals surface area contributed by atoms with Gasteiger partial charge in [-0.3, -0.25) is 4.98 Å². The van der Waals surface area contributed by atoms with Crippen molar-refractivity contribution in [3.63, 3.8) is 0 Å². The number of aromatic nitrogens is 1. The maximum atomic E-state index is 9.54. The molecule has 2 unspecified atom stereocenters. The molecule has 0 radical (unpaired) electrons. The molecule has 0 aliphatic heterocycles. The number of aliphatic hydroxyl groups excluding tert-OH is 2. The van der Waals surface area contributed by atoms with Crippen LogP contribution in [0.15, 0.2) is 18.5 Å². The minimum atomic E-state index is -0.417. The van der Waals surface area contributed by atoms with Crippen molar-refractivity contribution in [2.45, 2.75) is 18.4 Å². The van der Waals surface area contributed by atoms with E-state index in [1.54, 1.807) is 12.4 Å². The molecule has 2 atom stereocenters. The molecule has 2 N–H and O–H groups in total. The molecule has 0 saturated carbocycles. The van der Waals surface area contributed by atoms with Gasteiger partial charge in [0.05, 0.1) is 12.7 Å². The van der Waals surface area contributed by atoms with Crippen LogP contribution in [0.3, 0.4) is 0 Å². The summed E-state index contributed by atoms with van der Waals surface area (Å²) >= 11 is 0. The molecule has 64 valence electrons. The van der Waals surface area contributed by atoms with Crippen LogP contribution in [0.25, 0.3) is 0 Å². The maximum Gasteiger partial charge on any atom is 0.0800 e. The molecular weight excluding hydrogens is 154 g/mol. The maximum absolute atomic E-state index is 9.54. The van der Waals surface area contributed by atoms with Gasteiger partial charge in [-0.15, -0.1) is 0 Å². The third kappa shape index (κ3) is 1.02. The van der Waals surface area contributed by atoms with Crippen LogP contribution in [0.1, 0.15) is 29.6 Å². The second-order valence-electron chi connectivity index (χ2n) is 3.14. The van der Waals surface area contributed by atoms with Gasteiger partial charge in [0.15, 0.2) is 0 Å². The number of aliphatic hydroxyl groups is 2. The van der Waals surface area contributed by atoms with Gasteiger partial charge in [0.25, 0.3) is 0 Å². The van der Waals surface area contributed by atoms with E-state index in [4.69, 9.17) is 5.11 Å². The van der Waals surface area contributed by atoms with Crippen molar-refractivity contribution < 1.29 is 10.2 Å². The van der Waals surface area contributed by atoms with Gasteiger partial charge in [0.2, 0.25) is 0 Å². The fraction of sp³-hybridized carbons (Fsp3) is 0.444. The number of pyridine rings is 1. The second-order valence-corrected chi connectivity index (χ2v) is 3.14. The summed E-state index contributed by atoms with van der Waals surface area (Å²) in [6.07, 6.45) is 3.60. The fourth-order valence-electron chi connectivity index (χ4n) is 1.76. The van der Waals surface area contributed by atoms with E-state index in [-0.39, 0.29) is 12.5 Å². The summed E-state index contributed by atoms with van der Waals surface area (Å²) in [5, 5.41) is 18.5. The van der Waals surface area contributed by atoms with E-state index in [9.17, 15) is 5.11 Å². The predicted molar refractivity (Wildman–Crippen MR) is 43.6 cm³/mol. The van der Waals surface area contributed by atoms with Crippen molar-refractivity contribution in [1.29, 1.82) is 0 Å². The van der Waals surface area contributed by atoms with E-state index in [2.05, 4.69) is 4.98 Å². The SMILES string of the molecule is OCC1CC(O)c2ccncc21. The minimum Gasteiger partial charge on any atom is -0.396 e. The Kier molecular flexibility index (Phi) is 1.83. The van der Waals surface area contributed by atoms with E-state index in [1.165, 1.54) is 0 Å². The Morgan fingerprint density at radius 1 is 1.50 bits per heavy atom. The van der Waals surface area contributed by atoms with Crippen molar-refractivity contribution in [3.05, 3.63) is 29.6 Å². The Morgan fingerprint density at radius 2 is 2.33 bits per heavy atom. The van der Waals surface area contributed by atoms with Crippen molar-refractivity contribution in [2.75, 3.05) is 6.61 Å². The van der Waals surface area contributed by atoms with Crippen LogP contribution < -0.4 is 0 Å². The van der Waals surface area contributed by atoms with Crippen molar-refractivity contribution in [1.82, 2.24) is 4.98 Å². The summed E-state index contributed by atoms with van der Waals surface area (Å²) in [4.78, 5) is 3.97. The van der Waals surface area contributed by atoms with Crippen LogP contribution in [0.2, 0.25) is 0 Å². The largest absolute Gasteiger partial charge is 0.396 e. The zero-order valence-corrected chi connectivity index (χ0v) is 6.64. The first kappa shape index (κ1) is 7.71. The Bertz CT molecular complexity index is 288. The van der Waals surface area contributed by atoms with Gasteiger partial charge >= 0.3 is 0 Å². The van der Waals surface area contributed by atoms with E-state index < -0.39 is 6.10 Å². The topological polar surface area (TPSA) is 53.4 Å². The molecule has 0 aromatic carbocycles. The lowest BCUT2D eigenvalue weighted by Gasteiger charge is -2.04. The van der Waals surface area contributed by atoms with Crippen LogP contribution in [-0.2, 0) is 0 Å². The molecule has 1 aromatic rings. The predicted octanol–water partition coefficient (Wildman–Crippen LogP) is 0.595. The highest BCUT2D eigenvalue weighted by Gasteiger charge is 2.28. The zero-order valence-electron chi connectivity index (χ0n) is 6.64. The summed E-state index contributed by atoms with van der Waals surface area (Å²) in [6.45, 7) is 0.0930. The van der Waals surface area contributed by atoms with Crippen molar-refractivity contribution in [3.8, 4) is 0 Å². The molecule has 1 aliphatic carbocycles. The Hall–Kier alpha value is -0.930. The Labute approximate surface area is 70.7 Å². The molecule has 0 amide bonds. The number of fused-ring (bicyclic) bond motifs is 1. The normalized spacial score (nSPS) is 27.2. The van der Waals surface area contributed by atoms with Gasteiger partial charge in [0, 0.05) is 18.3 Å². The lowest BCUT2D eigenvalue weighted by atomic mass is 10.1. The Morgan fingerprint density at radius 3 is 3.08 bits per heavy atom. The highest BCUT2D eigenvalue weighted by molar-refractivity contribution is 5.34. The van der Waals surface area contributed by atoms with Gasteiger partial charge in [-0.25, -0.2) is 0 Å². The van der Waals surface area contributed by atoms with Crippen molar-refractivity contribution >= 4 is 0 Å². The lowest BCUT2D eigenvalue weighted by Crippen LogP contribution is -1.99. The average Bonchev–Trinajstić information content (AvgIpc) is 2.44. The first-order chi connectivity index (χ1) is 5.83. The molecule has 0 bridgehead atoms. The highest BCUT2D eigenvalue weighted by atomic mass is 16.3. The number of nitrogens with zero attached hydrogens (tertiary/aromatic N) is 1. The summed E-state index contributed by atoms with van der Waals surface area (Å²) in [5.74, 6) is 0.0729. The molecule has 0 spiro atoms. The van der Waals surface area contributed by atoms with Crippen LogP contribution in [0.4, 0.5) is 0 Å². The molecular formula is C9H11NO2. The van der Waals surface area contributed by atoms with Crippen LogP contribution in [0, 0.1) is 0 Å². The summed E-state index contributed by atoms with van der Waals surface area (Å²) < 4.78 is 0. The zero-order chi connectivity index (χ0) is 8.55. The monoisotopic (exact) mass is 165 g/mol. The molecule has 1 aliphatic rings. The Balaban J connectivity index is 2.43. The van der Waals surface area contributed by atoms with Crippen molar-refractivity contribution in [2.24, 2.45) is 0 Å². The quantitative estimate of drug-likeness (QED) is 0.640. The highest BCUT2D eigenvalue weighted by Crippen LogP contribution is 2.38. The number of hydrogen-bond acceptors (Lipinski definition) is 3. The van der Waals surface area contributed by atoms with Gasteiger partial charge in [0.1, 0.15) is 0 Å². The van der Waals surface area contributed by atoms with Gasteiger partial charge in [-0.1, -0.05) is 0 Å². The van der Waals surface area contributed by atoms with Crippen LogP contribution >= 0.6 is 0 Å². The summed E-state index contributed by atoms with van der Waals surface area (Å²) in [6, 6.07) is 1.82. The minimum absolute atomic E-state index is 0.0729. The summed E-state index contributed by atoms with van der Waals surface area (Å²) in [7, 11) is 0. The third-order valence-electron chi connectivity index (χ3n) is 2.41. The first-order valence-corrected chi connectivity index (χ1v) is 4.05. The molecule has 12 heavy (non-hydrogen) atoms. The fourth-order valence-corrected chi connectivity index (χ4v) is 1.76. The van der Waals surface area contributed by atoms with Gasteiger partial charge in [-0.05, 0) is 23.6 Å². The smallest absolute Gasteiger partial charge is 0.0800 e. The molecule has 1 heterocycles. The van der Waals surface area contributed by atoms with Gasteiger partial charge in [-0.2, -0.15) is 0 Å². The molecule has 0 fully saturated rings. The molecule has 1 aromatic heterocycles. The second kappa shape index (κ2) is 2.84. The van der Waals surface area contributed by atoms with E-state index in [1.807, 2.05) is 6.07 Å². The molecule has 0 saturated heterocycles. The van der Waals surface area contributed by atoms with Crippen LogP contribution in [0.5, 0.6) is 0 Å². The molecule has 3 nitrogen and oxygen atoms in total. The van der Waals surface area contributed by atoms with E-state index in [0.717, 1.165) is 11.1 Å². The van der Waals surface area contributed by atoms with Crippen LogP contribution in [-0.4, -0.2) is 21.8 Å². The van der Waals surface area contributed by atoms with Gasteiger partial charge < -0.3 is 10.2 Å². The molecule has 2 rings (SSSR count). The number of hydrogen-bond donors (Lipinski definition) is 2.